The van der Waals surface area contributed by atoms with Crippen LogP contribution in [0, 0.1) is 12.3 Å². The maximum Gasteiger partial charge on any atom is 0.334 e. The minimum Gasteiger partial charge on any atom is -0.497 e. The zero-order valence-electron chi connectivity index (χ0n) is 21.7. The van der Waals surface area contributed by atoms with E-state index in [0.29, 0.717) is 12.2 Å². The third-order valence-electron chi connectivity index (χ3n) is 6.80. The molecule has 2 aliphatic heterocycles. The molecule has 2 fully saturated rings. The first-order valence-electron chi connectivity index (χ1n) is 12.6. The third kappa shape index (κ3) is 6.30. The molecule has 2 aliphatic rings. The zero-order valence-corrected chi connectivity index (χ0v) is 21.7. The van der Waals surface area contributed by atoms with Crippen molar-refractivity contribution < 1.29 is 29.0 Å². The van der Waals surface area contributed by atoms with Crippen molar-refractivity contribution >= 4 is 23.8 Å². The van der Waals surface area contributed by atoms with Crippen molar-refractivity contribution in [2.75, 3.05) is 33.3 Å². The fraction of sp³-hybridized carbons (Fsp3) is 0.357. The van der Waals surface area contributed by atoms with Crippen molar-refractivity contribution in [2.24, 2.45) is 0 Å². The molecule has 11 nitrogen and oxygen atoms in total. The van der Waals surface area contributed by atoms with Crippen LogP contribution >= 0.6 is 0 Å². The van der Waals surface area contributed by atoms with E-state index >= 15 is 0 Å². The summed E-state index contributed by atoms with van der Waals surface area (Å²) in [6.45, 7) is 0.247. The standard InChI is InChI=1S/C28H31N5O6/c1-3-14-31-19-25(34)32-23(16-26(35)36)27(37)30(15-13-20-9-11-22(39-2)12-10-20)18-24(32)33(31)28(38)29-17-21-7-5-4-6-8-21/h1,4-12,23-24H,13-19H2,2H3,(H,29,38)(H,35,36)/t23-,24-/m0/s1. The van der Waals surface area contributed by atoms with Gasteiger partial charge < -0.3 is 25.0 Å². The molecule has 11 heteroatoms. The van der Waals surface area contributed by atoms with E-state index in [1.807, 2.05) is 54.6 Å². The molecular formula is C28H31N5O6. The van der Waals surface area contributed by atoms with Gasteiger partial charge in [-0.05, 0) is 29.7 Å². The fourth-order valence-corrected chi connectivity index (χ4v) is 4.91. The van der Waals surface area contributed by atoms with Gasteiger partial charge in [0.05, 0.1) is 33.2 Å². The van der Waals surface area contributed by atoms with Crippen LogP contribution in [0.5, 0.6) is 5.75 Å². The molecule has 0 spiro atoms. The van der Waals surface area contributed by atoms with Crippen LogP contribution in [0.3, 0.4) is 0 Å². The number of amides is 4. The Labute approximate surface area is 226 Å². The molecule has 4 rings (SSSR count). The largest absolute Gasteiger partial charge is 0.497 e. The van der Waals surface area contributed by atoms with Gasteiger partial charge in [0.25, 0.3) is 0 Å². The molecule has 2 aromatic rings. The Kier molecular flexibility index (Phi) is 8.68. The Bertz CT molecular complexity index is 1250. The average Bonchev–Trinajstić information content (AvgIpc) is 2.93. The monoisotopic (exact) mass is 533 g/mol. The highest BCUT2D eigenvalue weighted by Crippen LogP contribution is 2.28. The van der Waals surface area contributed by atoms with Gasteiger partial charge in [-0.2, -0.15) is 5.01 Å². The summed E-state index contributed by atoms with van der Waals surface area (Å²) in [6.07, 6.45) is 4.54. The first-order valence-corrected chi connectivity index (χ1v) is 12.6. The number of fused-ring (bicyclic) bond motifs is 1. The topological polar surface area (TPSA) is 123 Å². The number of carboxylic acids is 1. The molecule has 0 unspecified atom stereocenters. The van der Waals surface area contributed by atoms with Gasteiger partial charge in [-0.25, -0.2) is 9.80 Å². The minimum atomic E-state index is -1.25. The molecule has 39 heavy (non-hydrogen) atoms. The summed E-state index contributed by atoms with van der Waals surface area (Å²) in [6, 6.07) is 15.0. The number of hydrogen-bond acceptors (Lipinski definition) is 6. The van der Waals surface area contributed by atoms with E-state index in [-0.39, 0.29) is 32.7 Å². The van der Waals surface area contributed by atoms with Crippen LogP contribution in [-0.4, -0.2) is 94.2 Å². The number of terminal acetylenes is 1. The predicted octanol–water partition coefficient (Wildman–Crippen LogP) is 1.15. The first-order chi connectivity index (χ1) is 18.8. The maximum atomic E-state index is 13.5. The number of piperazine rings is 1. The van der Waals surface area contributed by atoms with Crippen LogP contribution in [0.25, 0.3) is 0 Å². The lowest BCUT2D eigenvalue weighted by molar-refractivity contribution is -0.190. The van der Waals surface area contributed by atoms with E-state index in [1.54, 1.807) is 7.11 Å². The number of urea groups is 1. The SMILES string of the molecule is C#CCN1CC(=O)N2[C@@H](CC(=O)O)C(=O)N(CCc3ccc(OC)cc3)C[C@@H]2N1C(=O)NCc1ccccc1. The number of carbonyl (C=O) groups excluding carboxylic acids is 3. The van der Waals surface area contributed by atoms with Gasteiger partial charge in [-0.1, -0.05) is 48.4 Å². The highest BCUT2D eigenvalue weighted by atomic mass is 16.5. The molecule has 2 saturated heterocycles. The highest BCUT2D eigenvalue weighted by molar-refractivity contribution is 5.93. The number of benzene rings is 2. The zero-order chi connectivity index (χ0) is 27.9. The molecule has 0 saturated carbocycles. The van der Waals surface area contributed by atoms with E-state index < -0.39 is 42.4 Å². The summed E-state index contributed by atoms with van der Waals surface area (Å²) in [4.78, 5) is 54.7. The van der Waals surface area contributed by atoms with Crippen molar-refractivity contribution in [2.45, 2.75) is 31.6 Å². The summed E-state index contributed by atoms with van der Waals surface area (Å²) in [7, 11) is 1.58. The van der Waals surface area contributed by atoms with Gasteiger partial charge in [0.2, 0.25) is 11.8 Å². The highest BCUT2D eigenvalue weighted by Gasteiger charge is 2.51. The quantitative estimate of drug-likeness (QED) is 0.464. The van der Waals surface area contributed by atoms with Gasteiger partial charge in [0.15, 0.2) is 0 Å². The molecular weight excluding hydrogens is 502 g/mol. The van der Waals surface area contributed by atoms with Crippen LogP contribution in [0.2, 0.25) is 0 Å². The van der Waals surface area contributed by atoms with Crippen LogP contribution in [0.4, 0.5) is 4.79 Å². The Morgan fingerprint density at radius 3 is 2.46 bits per heavy atom. The summed E-state index contributed by atoms with van der Waals surface area (Å²) >= 11 is 0. The number of nitrogens with zero attached hydrogens (tertiary/aromatic N) is 4. The molecule has 2 aromatic carbocycles. The molecule has 0 radical (unpaired) electrons. The number of ether oxygens (including phenoxy) is 1. The second-order valence-electron chi connectivity index (χ2n) is 9.29. The Morgan fingerprint density at radius 1 is 1.10 bits per heavy atom. The number of rotatable bonds is 9. The van der Waals surface area contributed by atoms with Crippen LogP contribution in [0.1, 0.15) is 17.5 Å². The normalized spacial score (nSPS) is 19.3. The molecule has 4 amide bonds. The molecule has 2 atom stereocenters. The Morgan fingerprint density at radius 2 is 1.82 bits per heavy atom. The van der Waals surface area contributed by atoms with E-state index in [1.165, 1.54) is 19.8 Å². The van der Waals surface area contributed by atoms with E-state index in [9.17, 15) is 24.3 Å². The van der Waals surface area contributed by atoms with Crippen molar-refractivity contribution in [3.8, 4) is 18.1 Å². The lowest BCUT2D eigenvalue weighted by atomic mass is 10.0. The Balaban J connectivity index is 1.60. The summed E-state index contributed by atoms with van der Waals surface area (Å²) in [5, 5.41) is 15.2. The molecule has 0 bridgehead atoms. The number of carbonyl (C=O) groups is 4. The van der Waals surface area contributed by atoms with Crippen molar-refractivity contribution in [1.29, 1.82) is 0 Å². The lowest BCUT2D eigenvalue weighted by Crippen LogP contribution is -2.76. The number of nitrogens with one attached hydrogen (secondary N) is 1. The Hall–Kier alpha value is -4.56. The predicted molar refractivity (Wildman–Crippen MR) is 141 cm³/mol. The number of aliphatic carboxylic acids is 1. The van der Waals surface area contributed by atoms with Gasteiger partial charge in [0.1, 0.15) is 18.0 Å². The number of methoxy groups -OCH3 is 1. The molecule has 0 aromatic heterocycles. The fourth-order valence-electron chi connectivity index (χ4n) is 4.91. The average molecular weight is 534 g/mol. The summed E-state index contributed by atoms with van der Waals surface area (Å²) in [5.41, 5.74) is 1.83. The van der Waals surface area contributed by atoms with Gasteiger partial charge in [0, 0.05) is 13.1 Å². The summed E-state index contributed by atoms with van der Waals surface area (Å²) < 4.78 is 5.19. The second kappa shape index (κ2) is 12.3. The van der Waals surface area contributed by atoms with E-state index in [0.717, 1.165) is 11.1 Å². The number of hydrogen-bond donors (Lipinski definition) is 2. The van der Waals surface area contributed by atoms with Gasteiger partial charge in [-0.15, -0.1) is 6.42 Å². The van der Waals surface area contributed by atoms with E-state index in [4.69, 9.17) is 11.2 Å². The van der Waals surface area contributed by atoms with Crippen LogP contribution in [0.15, 0.2) is 54.6 Å². The number of hydrazine groups is 1. The third-order valence-corrected chi connectivity index (χ3v) is 6.80. The van der Waals surface area contributed by atoms with Crippen molar-refractivity contribution in [1.82, 2.24) is 25.1 Å². The summed E-state index contributed by atoms with van der Waals surface area (Å²) in [5.74, 6) is 1.04. The van der Waals surface area contributed by atoms with Crippen LogP contribution < -0.4 is 10.1 Å². The van der Waals surface area contributed by atoms with E-state index in [2.05, 4.69) is 11.2 Å². The van der Waals surface area contributed by atoms with Crippen molar-refractivity contribution in [3.63, 3.8) is 0 Å². The molecule has 0 aliphatic carbocycles. The van der Waals surface area contributed by atoms with Gasteiger partial charge >= 0.3 is 12.0 Å². The number of carboxylic acid groups (broad SMARTS) is 1. The maximum absolute atomic E-state index is 13.5. The smallest absolute Gasteiger partial charge is 0.334 e. The molecule has 204 valence electrons. The first kappa shape index (κ1) is 27.5. The van der Waals surface area contributed by atoms with Crippen LogP contribution in [-0.2, 0) is 27.3 Å². The second-order valence-corrected chi connectivity index (χ2v) is 9.29. The lowest BCUT2D eigenvalue weighted by Gasteiger charge is -2.54. The van der Waals surface area contributed by atoms with Gasteiger partial charge in [-0.3, -0.25) is 14.4 Å². The van der Waals surface area contributed by atoms with Crippen molar-refractivity contribution in [3.05, 3.63) is 65.7 Å². The molecule has 2 heterocycles. The molecule has 2 N–H and O–H groups in total. The minimum absolute atomic E-state index is 0.0106.